The van der Waals surface area contributed by atoms with Crippen LogP contribution in [0.4, 0.5) is 10.5 Å². The number of hydrogen-bond acceptors (Lipinski definition) is 7. The van der Waals surface area contributed by atoms with Crippen molar-refractivity contribution in [2.45, 2.75) is 20.0 Å². The van der Waals surface area contributed by atoms with Crippen LogP contribution in [0.5, 0.6) is 28.7 Å². The number of nitrogens with one attached hydrogen (secondary N) is 1. The third-order valence-corrected chi connectivity index (χ3v) is 5.48. The van der Waals surface area contributed by atoms with E-state index in [1.807, 2.05) is 37.3 Å². The molecule has 1 N–H and O–H groups in total. The van der Waals surface area contributed by atoms with Gasteiger partial charge in [0.1, 0.15) is 23.4 Å². The highest BCUT2D eigenvalue weighted by atomic mass is 16.6. The van der Waals surface area contributed by atoms with Gasteiger partial charge in [-0.2, -0.15) is 0 Å². The molecule has 4 rings (SSSR count). The first-order chi connectivity index (χ1) is 17.5. The lowest BCUT2D eigenvalue weighted by atomic mass is 10.1. The van der Waals surface area contributed by atoms with Gasteiger partial charge in [0, 0.05) is 28.9 Å². The van der Waals surface area contributed by atoms with Gasteiger partial charge in [-0.05, 0) is 56.3 Å². The molecule has 1 atom stereocenters. The molecule has 186 valence electrons. The van der Waals surface area contributed by atoms with Gasteiger partial charge in [0.2, 0.25) is 0 Å². The van der Waals surface area contributed by atoms with Crippen molar-refractivity contribution in [2.75, 3.05) is 26.1 Å². The Bertz CT molecular complexity index is 1340. The minimum atomic E-state index is -0.566. The van der Waals surface area contributed by atoms with Crippen LogP contribution in [-0.4, -0.2) is 31.9 Å². The molecule has 8 nitrogen and oxygen atoms in total. The van der Waals surface area contributed by atoms with E-state index in [2.05, 4.69) is 10.3 Å². The summed E-state index contributed by atoms with van der Waals surface area (Å²) >= 11 is 0. The van der Waals surface area contributed by atoms with Crippen molar-refractivity contribution in [3.63, 3.8) is 0 Å². The first-order valence-corrected chi connectivity index (χ1v) is 11.5. The van der Waals surface area contributed by atoms with E-state index >= 15 is 0 Å². The Morgan fingerprint density at radius 2 is 1.64 bits per heavy atom. The van der Waals surface area contributed by atoms with Crippen molar-refractivity contribution in [1.29, 1.82) is 0 Å². The number of benzene rings is 3. The highest BCUT2D eigenvalue weighted by molar-refractivity contribution is 5.88. The second-order valence-corrected chi connectivity index (χ2v) is 7.80. The van der Waals surface area contributed by atoms with E-state index in [4.69, 9.17) is 23.7 Å². The molecule has 0 aliphatic carbocycles. The number of para-hydroxylation sites is 1. The van der Waals surface area contributed by atoms with E-state index in [9.17, 15) is 4.79 Å². The smallest absolute Gasteiger partial charge is 0.412 e. The second-order valence-electron chi connectivity index (χ2n) is 7.80. The fourth-order valence-corrected chi connectivity index (χ4v) is 3.74. The number of carbonyl (C=O) groups excluding carboxylic acids is 1. The van der Waals surface area contributed by atoms with Crippen LogP contribution in [0, 0.1) is 0 Å². The zero-order valence-corrected chi connectivity index (χ0v) is 20.6. The highest BCUT2D eigenvalue weighted by Crippen LogP contribution is 2.37. The summed E-state index contributed by atoms with van der Waals surface area (Å²) in [5.41, 5.74) is 2.09. The number of anilines is 1. The minimum Gasteiger partial charge on any atom is -0.493 e. The lowest BCUT2D eigenvalue weighted by molar-refractivity contribution is 0.119. The van der Waals surface area contributed by atoms with E-state index in [0.717, 1.165) is 10.9 Å². The number of nitrogens with zero attached hydrogens (tertiary/aromatic N) is 1. The van der Waals surface area contributed by atoms with Gasteiger partial charge in [0.15, 0.2) is 11.5 Å². The van der Waals surface area contributed by atoms with Crippen LogP contribution >= 0.6 is 0 Å². The molecule has 0 bridgehead atoms. The molecular formula is C28H28N2O6. The first-order valence-electron chi connectivity index (χ1n) is 11.5. The molecule has 1 aromatic heterocycles. The van der Waals surface area contributed by atoms with Crippen molar-refractivity contribution in [2.24, 2.45) is 0 Å². The van der Waals surface area contributed by atoms with E-state index in [0.29, 0.717) is 46.6 Å². The third kappa shape index (κ3) is 5.60. The number of fused-ring (bicyclic) bond motifs is 1. The Morgan fingerprint density at radius 3 is 2.36 bits per heavy atom. The van der Waals surface area contributed by atoms with Crippen molar-refractivity contribution >= 4 is 22.7 Å². The monoisotopic (exact) mass is 488 g/mol. The van der Waals surface area contributed by atoms with Crippen LogP contribution in [0.1, 0.15) is 25.5 Å². The molecule has 0 saturated heterocycles. The predicted octanol–water partition coefficient (Wildman–Crippen LogP) is 6.75. The Kier molecular flexibility index (Phi) is 7.75. The second kappa shape index (κ2) is 11.3. The summed E-state index contributed by atoms with van der Waals surface area (Å²) in [5, 5.41) is 3.52. The molecule has 0 spiro atoms. The summed E-state index contributed by atoms with van der Waals surface area (Å²) in [6.07, 6.45) is 0.620. The fraction of sp³-hybridized carbons (Fsp3) is 0.214. The van der Waals surface area contributed by atoms with Crippen LogP contribution in [0.15, 0.2) is 72.9 Å². The number of ether oxygens (including phenoxy) is 5. The van der Waals surface area contributed by atoms with Crippen LogP contribution in [0.25, 0.3) is 10.9 Å². The number of rotatable bonds is 9. The summed E-state index contributed by atoms with van der Waals surface area (Å²) in [6, 6.07) is 19.9. The van der Waals surface area contributed by atoms with E-state index in [1.165, 1.54) is 0 Å². The maximum Gasteiger partial charge on any atom is 0.412 e. The molecule has 0 aliphatic heterocycles. The zero-order valence-electron chi connectivity index (χ0n) is 20.6. The fourth-order valence-electron chi connectivity index (χ4n) is 3.74. The van der Waals surface area contributed by atoms with Crippen molar-refractivity contribution in [1.82, 2.24) is 4.98 Å². The lowest BCUT2D eigenvalue weighted by Gasteiger charge is -2.17. The van der Waals surface area contributed by atoms with Gasteiger partial charge in [-0.25, -0.2) is 4.79 Å². The topological polar surface area (TPSA) is 88.1 Å². The Morgan fingerprint density at radius 1 is 0.917 bits per heavy atom. The van der Waals surface area contributed by atoms with Gasteiger partial charge in [0.05, 0.1) is 26.3 Å². The quantitative estimate of drug-likeness (QED) is 0.279. The first kappa shape index (κ1) is 24.7. The highest BCUT2D eigenvalue weighted by Gasteiger charge is 2.16. The average molecular weight is 489 g/mol. The van der Waals surface area contributed by atoms with Gasteiger partial charge in [-0.3, -0.25) is 10.3 Å². The number of carbonyl (C=O) groups is 1. The third-order valence-electron chi connectivity index (χ3n) is 5.48. The molecule has 1 amide bonds. The maximum absolute atomic E-state index is 12.5. The average Bonchev–Trinajstić information content (AvgIpc) is 2.89. The van der Waals surface area contributed by atoms with Crippen molar-refractivity contribution < 1.29 is 28.5 Å². The lowest BCUT2D eigenvalue weighted by Crippen LogP contribution is -2.16. The van der Waals surface area contributed by atoms with Gasteiger partial charge in [0.25, 0.3) is 0 Å². The molecule has 36 heavy (non-hydrogen) atoms. The molecular weight excluding hydrogens is 460 g/mol. The summed E-state index contributed by atoms with van der Waals surface area (Å²) in [4.78, 5) is 16.9. The molecule has 0 aliphatic rings. The van der Waals surface area contributed by atoms with E-state index < -0.39 is 12.2 Å². The molecule has 8 heteroatoms. The molecule has 4 aromatic rings. The van der Waals surface area contributed by atoms with Gasteiger partial charge in [-0.15, -0.1) is 0 Å². The Labute approximate surface area is 209 Å². The van der Waals surface area contributed by atoms with Crippen LogP contribution in [0.3, 0.4) is 0 Å². The SMILES string of the molecule is CCOc1ccccc1C(C)OC(=O)Nc1ccc(Oc2ccnc3cc(OC)c(OC)cc23)cc1. The molecule has 1 unspecified atom stereocenters. The molecule has 0 saturated carbocycles. The Hall–Kier alpha value is -4.46. The summed E-state index contributed by atoms with van der Waals surface area (Å²) in [5.74, 6) is 3.08. The number of aromatic nitrogens is 1. The molecule has 0 fully saturated rings. The van der Waals surface area contributed by atoms with Crippen LogP contribution in [0.2, 0.25) is 0 Å². The summed E-state index contributed by atoms with van der Waals surface area (Å²) < 4.78 is 28.0. The van der Waals surface area contributed by atoms with Gasteiger partial charge in [-0.1, -0.05) is 18.2 Å². The van der Waals surface area contributed by atoms with Crippen LogP contribution < -0.4 is 24.3 Å². The number of amides is 1. The number of pyridine rings is 1. The van der Waals surface area contributed by atoms with E-state index in [-0.39, 0.29) is 0 Å². The standard InChI is InChI=1S/C28H28N2O6/c1-5-34-24-9-7-6-8-21(24)18(2)35-28(31)30-19-10-12-20(13-11-19)36-25-14-15-29-23-17-27(33-4)26(32-3)16-22(23)25/h6-18H,5H2,1-4H3,(H,30,31). The van der Waals surface area contributed by atoms with Gasteiger partial charge >= 0.3 is 6.09 Å². The Balaban J connectivity index is 1.43. The van der Waals surface area contributed by atoms with Crippen molar-refractivity contribution in [3.8, 4) is 28.7 Å². The normalized spacial score (nSPS) is 11.4. The molecule has 0 radical (unpaired) electrons. The van der Waals surface area contributed by atoms with Crippen molar-refractivity contribution in [3.05, 3.63) is 78.5 Å². The minimum absolute atomic E-state index is 0.481. The number of hydrogen-bond donors (Lipinski definition) is 1. The van der Waals surface area contributed by atoms with E-state index in [1.54, 1.807) is 63.7 Å². The summed E-state index contributed by atoms with van der Waals surface area (Å²) in [7, 11) is 3.16. The molecule has 1 heterocycles. The largest absolute Gasteiger partial charge is 0.493 e. The summed E-state index contributed by atoms with van der Waals surface area (Å²) in [6.45, 7) is 4.24. The molecule has 3 aromatic carbocycles. The van der Waals surface area contributed by atoms with Gasteiger partial charge < -0.3 is 23.7 Å². The van der Waals surface area contributed by atoms with Crippen LogP contribution in [-0.2, 0) is 4.74 Å². The predicted molar refractivity (Wildman–Crippen MR) is 137 cm³/mol. The zero-order chi connectivity index (χ0) is 25.5. The maximum atomic E-state index is 12.5. The number of methoxy groups -OCH3 is 2.